The summed E-state index contributed by atoms with van der Waals surface area (Å²) in [5.74, 6) is -5.27. The summed E-state index contributed by atoms with van der Waals surface area (Å²) in [5, 5.41) is 11.4. The third-order valence-electron chi connectivity index (χ3n) is 6.18. The minimum absolute atomic E-state index is 0.0381. The van der Waals surface area contributed by atoms with E-state index in [0.29, 0.717) is 4.31 Å². The Morgan fingerprint density at radius 2 is 1.55 bits per heavy atom. The summed E-state index contributed by atoms with van der Waals surface area (Å²) in [4.78, 5) is 39.0. The van der Waals surface area contributed by atoms with Crippen molar-refractivity contribution in [2.75, 3.05) is 13.1 Å². The van der Waals surface area contributed by atoms with Crippen molar-refractivity contribution in [1.29, 1.82) is 0 Å². The first-order valence-corrected chi connectivity index (χ1v) is 13.5. The lowest BCUT2D eigenvalue weighted by atomic mass is 10.0. The first-order valence-electron chi connectivity index (χ1n) is 11.7. The molecule has 2 amide bonds. The molecule has 3 aromatic rings. The summed E-state index contributed by atoms with van der Waals surface area (Å²) < 4.78 is 68.5. The maximum atomic E-state index is 13.7. The van der Waals surface area contributed by atoms with Crippen LogP contribution in [0.5, 0.6) is 0 Å². The number of aliphatic carboxylic acids is 1. The zero-order valence-electron chi connectivity index (χ0n) is 20.4. The second-order valence-corrected chi connectivity index (χ2v) is 11.1. The van der Waals surface area contributed by atoms with Gasteiger partial charge < -0.3 is 15.3 Å². The SMILES string of the molecule is O=C(O)CC(NC(=O)C1N(C(=O)c2ccc(F)cc2)CCN1S(=O)(=O)c1ccc(F)c(Cl)c1)c1ccc(F)cc1. The smallest absolute Gasteiger partial charge is 0.305 e. The molecule has 1 aliphatic heterocycles. The Morgan fingerprint density at radius 3 is 2.12 bits per heavy atom. The van der Waals surface area contributed by atoms with Crippen LogP contribution in [0.3, 0.4) is 0 Å². The quantitative estimate of drug-likeness (QED) is 0.410. The number of carbonyl (C=O) groups excluding carboxylic acids is 2. The van der Waals surface area contributed by atoms with E-state index in [-0.39, 0.29) is 24.2 Å². The lowest BCUT2D eigenvalue weighted by Gasteiger charge is -2.30. The summed E-state index contributed by atoms with van der Waals surface area (Å²) in [5.41, 5.74) is 0.176. The average molecular weight is 596 g/mol. The molecule has 14 heteroatoms. The van der Waals surface area contributed by atoms with Crippen LogP contribution in [-0.2, 0) is 19.6 Å². The van der Waals surface area contributed by atoms with E-state index in [0.717, 1.165) is 59.5 Å². The average Bonchev–Trinajstić information content (AvgIpc) is 3.36. The largest absolute Gasteiger partial charge is 0.481 e. The highest BCUT2D eigenvalue weighted by atomic mass is 35.5. The van der Waals surface area contributed by atoms with Crippen LogP contribution in [-0.4, -0.2) is 59.8 Å². The molecule has 4 rings (SSSR count). The van der Waals surface area contributed by atoms with E-state index < -0.39 is 73.8 Å². The molecular weight excluding hydrogens is 575 g/mol. The number of nitrogens with zero attached hydrogens (tertiary/aromatic N) is 2. The monoisotopic (exact) mass is 595 g/mol. The van der Waals surface area contributed by atoms with Gasteiger partial charge in [0.2, 0.25) is 10.0 Å². The van der Waals surface area contributed by atoms with Gasteiger partial charge in [0, 0.05) is 18.7 Å². The molecule has 1 saturated heterocycles. The van der Waals surface area contributed by atoms with Gasteiger partial charge in [-0.15, -0.1) is 0 Å². The van der Waals surface area contributed by atoms with Crippen molar-refractivity contribution in [3.05, 3.63) is 100 Å². The highest BCUT2D eigenvalue weighted by Crippen LogP contribution is 2.29. The molecule has 3 aromatic carbocycles. The standard InChI is InChI=1S/C26H21ClF3N3O6S/c27-20-13-19(9-10-21(20)30)40(38,39)33-12-11-32(26(37)16-3-7-18(29)8-4-16)25(33)24(36)31-22(14-23(34)35)15-1-5-17(28)6-2-15/h1-10,13,22,25H,11-12,14H2,(H,31,36)(H,34,35). The van der Waals surface area contributed by atoms with Gasteiger partial charge in [-0.3, -0.25) is 14.4 Å². The Bertz CT molecular complexity index is 1550. The van der Waals surface area contributed by atoms with Crippen LogP contribution in [0.15, 0.2) is 71.6 Å². The second kappa shape index (κ2) is 11.7. The Morgan fingerprint density at radius 1 is 0.950 bits per heavy atom. The van der Waals surface area contributed by atoms with Gasteiger partial charge in [0.05, 0.1) is 22.4 Å². The third kappa shape index (κ3) is 6.11. The second-order valence-electron chi connectivity index (χ2n) is 8.78. The zero-order chi connectivity index (χ0) is 29.2. The van der Waals surface area contributed by atoms with Crippen molar-refractivity contribution < 1.29 is 41.1 Å². The van der Waals surface area contributed by atoms with Gasteiger partial charge in [-0.05, 0) is 60.2 Å². The number of carboxylic acids is 1. The predicted octanol–water partition coefficient (Wildman–Crippen LogP) is 3.56. The summed E-state index contributed by atoms with van der Waals surface area (Å²) in [6.07, 6.45) is -2.46. The molecule has 0 spiro atoms. The minimum Gasteiger partial charge on any atom is -0.481 e. The first-order chi connectivity index (χ1) is 18.9. The maximum absolute atomic E-state index is 13.7. The van der Waals surface area contributed by atoms with E-state index in [1.54, 1.807) is 0 Å². The molecule has 2 atom stereocenters. The zero-order valence-corrected chi connectivity index (χ0v) is 22.0. The Hall–Kier alpha value is -3.94. The highest BCUT2D eigenvalue weighted by Gasteiger charge is 2.47. The van der Waals surface area contributed by atoms with E-state index in [1.165, 1.54) is 12.1 Å². The number of hydrogen-bond donors (Lipinski definition) is 2. The molecule has 0 radical (unpaired) electrons. The van der Waals surface area contributed by atoms with Gasteiger partial charge in [-0.1, -0.05) is 23.7 Å². The molecule has 2 N–H and O–H groups in total. The summed E-state index contributed by atoms with van der Waals surface area (Å²) >= 11 is 5.78. The Kier molecular flexibility index (Phi) is 8.47. The normalized spacial score (nSPS) is 16.5. The molecule has 0 saturated carbocycles. The van der Waals surface area contributed by atoms with Crippen LogP contribution in [0, 0.1) is 17.5 Å². The number of benzene rings is 3. The van der Waals surface area contributed by atoms with Crippen LogP contribution >= 0.6 is 11.6 Å². The van der Waals surface area contributed by atoms with E-state index in [1.807, 2.05) is 0 Å². The molecule has 9 nitrogen and oxygen atoms in total. The fraction of sp³-hybridized carbons (Fsp3) is 0.192. The van der Waals surface area contributed by atoms with Gasteiger partial charge in [0.15, 0.2) is 6.17 Å². The van der Waals surface area contributed by atoms with Crippen molar-refractivity contribution >= 4 is 39.4 Å². The van der Waals surface area contributed by atoms with Crippen molar-refractivity contribution in [1.82, 2.24) is 14.5 Å². The van der Waals surface area contributed by atoms with Gasteiger partial charge in [-0.25, -0.2) is 21.6 Å². The molecular formula is C26H21ClF3N3O6S. The van der Waals surface area contributed by atoms with Gasteiger partial charge in [-0.2, -0.15) is 4.31 Å². The molecule has 0 aliphatic carbocycles. The number of amides is 2. The molecule has 1 aliphatic rings. The number of sulfonamides is 1. The van der Waals surface area contributed by atoms with Crippen LogP contribution < -0.4 is 5.32 Å². The van der Waals surface area contributed by atoms with Gasteiger partial charge >= 0.3 is 5.97 Å². The summed E-state index contributed by atoms with van der Waals surface area (Å²) in [6.45, 7) is -0.620. The first kappa shape index (κ1) is 29.1. The predicted molar refractivity (Wildman–Crippen MR) is 136 cm³/mol. The number of halogens is 4. The molecule has 0 bridgehead atoms. The Labute approximate surface area is 231 Å². The van der Waals surface area contributed by atoms with E-state index >= 15 is 0 Å². The lowest BCUT2D eigenvalue weighted by molar-refractivity contribution is -0.138. The number of hydrogen-bond acceptors (Lipinski definition) is 5. The third-order valence-corrected chi connectivity index (χ3v) is 8.32. The summed E-state index contributed by atoms with van der Waals surface area (Å²) in [7, 11) is -4.56. The van der Waals surface area contributed by atoms with E-state index in [9.17, 15) is 41.1 Å². The molecule has 210 valence electrons. The Balaban J connectivity index is 1.74. The van der Waals surface area contributed by atoms with E-state index in [4.69, 9.17) is 11.6 Å². The van der Waals surface area contributed by atoms with Crippen LogP contribution in [0.2, 0.25) is 5.02 Å². The highest BCUT2D eigenvalue weighted by molar-refractivity contribution is 7.89. The minimum atomic E-state index is -4.56. The fourth-order valence-corrected chi connectivity index (χ4v) is 6.06. The number of carboxylic acid groups (broad SMARTS) is 1. The maximum Gasteiger partial charge on any atom is 0.305 e. The van der Waals surface area contributed by atoms with Gasteiger partial charge in [0.1, 0.15) is 17.5 Å². The van der Waals surface area contributed by atoms with Crippen molar-refractivity contribution in [3.63, 3.8) is 0 Å². The molecule has 40 heavy (non-hydrogen) atoms. The fourth-order valence-electron chi connectivity index (χ4n) is 4.24. The topological polar surface area (TPSA) is 124 Å². The number of nitrogens with one attached hydrogen (secondary N) is 1. The molecule has 1 fully saturated rings. The molecule has 2 unspecified atom stereocenters. The van der Waals surface area contributed by atoms with Gasteiger partial charge in [0.25, 0.3) is 11.8 Å². The van der Waals surface area contributed by atoms with Crippen LogP contribution in [0.25, 0.3) is 0 Å². The lowest BCUT2D eigenvalue weighted by Crippen LogP contribution is -2.54. The van der Waals surface area contributed by atoms with E-state index in [2.05, 4.69) is 5.32 Å². The van der Waals surface area contributed by atoms with Crippen molar-refractivity contribution in [3.8, 4) is 0 Å². The van der Waals surface area contributed by atoms with Crippen molar-refractivity contribution in [2.45, 2.75) is 23.5 Å². The van der Waals surface area contributed by atoms with Crippen molar-refractivity contribution in [2.24, 2.45) is 0 Å². The summed E-state index contributed by atoms with van der Waals surface area (Å²) in [6, 6.07) is 10.4. The molecule has 1 heterocycles. The van der Waals surface area contributed by atoms with Crippen LogP contribution in [0.1, 0.15) is 28.4 Å². The number of rotatable bonds is 8. The van der Waals surface area contributed by atoms with Crippen LogP contribution in [0.4, 0.5) is 13.2 Å². The molecule has 0 aromatic heterocycles. The number of carbonyl (C=O) groups is 3.